The first-order valence-electron chi connectivity index (χ1n) is 9.01. The van der Waals surface area contributed by atoms with Crippen molar-refractivity contribution in [3.63, 3.8) is 0 Å². The largest absolute Gasteiger partial charge is 0.480 e. The number of benzene rings is 1. The third-order valence-electron chi connectivity index (χ3n) is 3.83. The van der Waals surface area contributed by atoms with Gasteiger partial charge in [-0.2, -0.15) is 0 Å². The fraction of sp³-hybridized carbons (Fsp3) is 0.450. The minimum absolute atomic E-state index is 0.00112. The number of hydrogen-bond donors (Lipinski definition) is 2. The molecule has 1 amide bonds. The van der Waals surface area contributed by atoms with E-state index in [1.165, 1.54) is 12.3 Å². The first-order valence-corrected chi connectivity index (χ1v) is 9.01. The Bertz CT molecular complexity index is 813. The van der Waals surface area contributed by atoms with Gasteiger partial charge in [-0.3, -0.25) is 4.79 Å². The highest BCUT2D eigenvalue weighted by atomic mass is 19.1. The Morgan fingerprint density at radius 3 is 2.68 bits per heavy atom. The molecular formula is C20H25FN2O5. The molecule has 28 heavy (non-hydrogen) atoms. The van der Waals surface area contributed by atoms with Crippen molar-refractivity contribution in [3.05, 3.63) is 42.2 Å². The summed E-state index contributed by atoms with van der Waals surface area (Å²) in [6, 6.07) is 5.12. The van der Waals surface area contributed by atoms with Gasteiger partial charge in [-0.05, 0) is 32.9 Å². The first kappa shape index (κ1) is 21.6. The number of halogens is 1. The second-order valence-corrected chi connectivity index (χ2v) is 7.31. The average molecular weight is 392 g/mol. The Morgan fingerprint density at radius 1 is 1.32 bits per heavy atom. The van der Waals surface area contributed by atoms with Crippen molar-refractivity contribution in [1.29, 1.82) is 0 Å². The van der Waals surface area contributed by atoms with E-state index in [0.717, 1.165) is 0 Å². The van der Waals surface area contributed by atoms with Crippen LogP contribution in [0, 0.1) is 5.82 Å². The van der Waals surface area contributed by atoms with Crippen molar-refractivity contribution in [2.45, 2.75) is 51.7 Å². The normalized spacial score (nSPS) is 12.6. The molecule has 7 nitrogen and oxygen atoms in total. The third-order valence-corrected chi connectivity index (χ3v) is 3.83. The van der Waals surface area contributed by atoms with Crippen molar-refractivity contribution < 1.29 is 28.2 Å². The van der Waals surface area contributed by atoms with Gasteiger partial charge in [-0.1, -0.05) is 12.1 Å². The van der Waals surface area contributed by atoms with Crippen LogP contribution < -0.4 is 5.32 Å². The highest BCUT2D eigenvalue weighted by molar-refractivity contribution is 5.83. The molecule has 0 aliphatic carbocycles. The second-order valence-electron chi connectivity index (χ2n) is 7.31. The van der Waals surface area contributed by atoms with Gasteiger partial charge in [-0.15, -0.1) is 0 Å². The SMILES string of the molecule is CC(C)(C)OCCC(NC(=O)CCc1ncc(-c2ccccc2F)o1)C(=O)O. The smallest absolute Gasteiger partial charge is 0.326 e. The molecule has 0 saturated heterocycles. The van der Waals surface area contributed by atoms with Gasteiger partial charge in [0.1, 0.15) is 11.9 Å². The van der Waals surface area contributed by atoms with Gasteiger partial charge in [0.15, 0.2) is 11.7 Å². The molecule has 1 atom stereocenters. The summed E-state index contributed by atoms with van der Waals surface area (Å²) in [5.74, 6) is -1.44. The molecule has 2 rings (SSSR count). The van der Waals surface area contributed by atoms with Crippen LogP contribution in [0.5, 0.6) is 0 Å². The second kappa shape index (κ2) is 9.45. The molecule has 8 heteroatoms. The zero-order chi connectivity index (χ0) is 20.7. The van der Waals surface area contributed by atoms with Crippen LogP contribution in [-0.2, 0) is 20.7 Å². The number of rotatable bonds is 9. The van der Waals surface area contributed by atoms with Gasteiger partial charge in [0, 0.05) is 25.9 Å². The quantitative estimate of drug-likeness (QED) is 0.680. The summed E-state index contributed by atoms with van der Waals surface area (Å²) in [7, 11) is 0. The maximum Gasteiger partial charge on any atom is 0.326 e. The first-order chi connectivity index (χ1) is 13.2. The Balaban J connectivity index is 1.86. The minimum atomic E-state index is -1.12. The lowest BCUT2D eigenvalue weighted by Gasteiger charge is -2.21. The number of nitrogens with zero attached hydrogens (tertiary/aromatic N) is 1. The van der Waals surface area contributed by atoms with Crippen LogP contribution in [0.15, 0.2) is 34.9 Å². The maximum atomic E-state index is 13.8. The predicted octanol–water partition coefficient (Wildman–Crippen LogP) is 3.19. The van der Waals surface area contributed by atoms with Crippen LogP contribution in [0.25, 0.3) is 11.3 Å². The topological polar surface area (TPSA) is 102 Å². The molecule has 2 aromatic rings. The van der Waals surface area contributed by atoms with E-state index >= 15 is 0 Å². The zero-order valence-electron chi connectivity index (χ0n) is 16.2. The maximum absolute atomic E-state index is 13.8. The number of aryl methyl sites for hydroxylation is 1. The standard InChI is InChI=1S/C20H25FN2O5/c1-20(2,3)27-11-10-15(19(25)26)23-17(24)8-9-18-22-12-16(28-18)13-6-4-5-7-14(13)21/h4-7,12,15H,8-11H2,1-3H3,(H,23,24)(H,25,26). The van der Waals surface area contributed by atoms with Crippen LogP contribution in [0.1, 0.15) is 39.5 Å². The van der Waals surface area contributed by atoms with Crippen molar-refractivity contribution in [2.24, 2.45) is 0 Å². The van der Waals surface area contributed by atoms with Gasteiger partial charge in [0.2, 0.25) is 5.91 Å². The molecule has 1 aromatic heterocycles. The Morgan fingerprint density at radius 2 is 2.04 bits per heavy atom. The number of oxazole rings is 1. The number of carboxylic acid groups (broad SMARTS) is 1. The van der Waals surface area contributed by atoms with Gasteiger partial charge in [0.05, 0.1) is 17.4 Å². The molecule has 0 radical (unpaired) electrons. The molecule has 1 aromatic carbocycles. The molecule has 0 bridgehead atoms. The zero-order valence-corrected chi connectivity index (χ0v) is 16.2. The van der Waals surface area contributed by atoms with Crippen molar-refractivity contribution in [3.8, 4) is 11.3 Å². The Labute approximate surface area is 162 Å². The van der Waals surface area contributed by atoms with E-state index in [1.54, 1.807) is 18.2 Å². The lowest BCUT2D eigenvalue weighted by Crippen LogP contribution is -2.42. The van der Waals surface area contributed by atoms with Crippen LogP contribution in [-0.4, -0.2) is 40.2 Å². The van der Waals surface area contributed by atoms with E-state index in [2.05, 4.69) is 10.3 Å². The van der Waals surface area contributed by atoms with Crippen LogP contribution in [0.2, 0.25) is 0 Å². The third kappa shape index (κ3) is 6.77. The van der Waals surface area contributed by atoms with Crippen molar-refractivity contribution in [1.82, 2.24) is 10.3 Å². The number of amides is 1. The summed E-state index contributed by atoms with van der Waals surface area (Å²) in [6.45, 7) is 5.82. The summed E-state index contributed by atoms with van der Waals surface area (Å²) < 4.78 is 24.8. The number of carboxylic acids is 1. The number of aliphatic carboxylic acids is 1. The van der Waals surface area contributed by atoms with E-state index in [9.17, 15) is 19.1 Å². The molecule has 1 heterocycles. The van der Waals surface area contributed by atoms with Crippen LogP contribution >= 0.6 is 0 Å². The van der Waals surface area contributed by atoms with E-state index in [-0.39, 0.29) is 48.7 Å². The molecule has 0 aliphatic rings. The van der Waals surface area contributed by atoms with E-state index in [4.69, 9.17) is 9.15 Å². The molecule has 0 spiro atoms. The van der Waals surface area contributed by atoms with Crippen molar-refractivity contribution >= 4 is 11.9 Å². The van der Waals surface area contributed by atoms with Crippen molar-refractivity contribution in [2.75, 3.05) is 6.61 Å². The molecule has 0 saturated carbocycles. The van der Waals surface area contributed by atoms with Gasteiger partial charge < -0.3 is 19.6 Å². The Kier molecular flexibility index (Phi) is 7.28. The van der Waals surface area contributed by atoms with Crippen LogP contribution in [0.3, 0.4) is 0 Å². The molecule has 0 aliphatic heterocycles. The highest BCUT2D eigenvalue weighted by Gasteiger charge is 2.21. The van der Waals surface area contributed by atoms with Gasteiger partial charge in [0.25, 0.3) is 0 Å². The van der Waals surface area contributed by atoms with Gasteiger partial charge >= 0.3 is 5.97 Å². The van der Waals surface area contributed by atoms with E-state index < -0.39 is 23.7 Å². The minimum Gasteiger partial charge on any atom is -0.480 e. The Hall–Kier alpha value is -2.74. The summed E-state index contributed by atoms with van der Waals surface area (Å²) >= 11 is 0. The predicted molar refractivity (Wildman–Crippen MR) is 100 cm³/mol. The lowest BCUT2D eigenvalue weighted by molar-refractivity contribution is -0.142. The summed E-state index contributed by atoms with van der Waals surface area (Å²) in [4.78, 5) is 27.4. The fourth-order valence-corrected chi connectivity index (χ4v) is 2.44. The number of carbonyl (C=O) groups is 2. The monoisotopic (exact) mass is 392 g/mol. The summed E-state index contributed by atoms with van der Waals surface area (Å²) in [5.41, 5.74) is -0.0935. The number of nitrogens with one attached hydrogen (secondary N) is 1. The van der Waals surface area contributed by atoms with Crippen LogP contribution in [0.4, 0.5) is 4.39 Å². The highest BCUT2D eigenvalue weighted by Crippen LogP contribution is 2.23. The molecular weight excluding hydrogens is 367 g/mol. The number of hydrogen-bond acceptors (Lipinski definition) is 5. The summed E-state index contributed by atoms with van der Waals surface area (Å²) in [6.07, 6.45) is 1.73. The van der Waals surface area contributed by atoms with E-state index in [0.29, 0.717) is 0 Å². The number of aromatic nitrogens is 1. The number of carbonyl (C=O) groups excluding carboxylic acids is 1. The molecule has 1 unspecified atom stereocenters. The summed E-state index contributed by atoms with van der Waals surface area (Å²) in [5, 5.41) is 11.7. The average Bonchev–Trinajstić information content (AvgIpc) is 3.07. The molecule has 0 fully saturated rings. The molecule has 2 N–H and O–H groups in total. The van der Waals surface area contributed by atoms with E-state index in [1.807, 2.05) is 20.8 Å². The van der Waals surface area contributed by atoms with Gasteiger partial charge in [-0.25, -0.2) is 14.2 Å². The lowest BCUT2D eigenvalue weighted by atomic mass is 10.1. The fourth-order valence-electron chi connectivity index (χ4n) is 2.44. The number of ether oxygens (including phenoxy) is 1. The molecule has 152 valence electrons.